The molecule has 1 heterocycles. The molecule has 118 valence electrons. The van der Waals surface area contributed by atoms with Crippen LogP contribution in [0.15, 0.2) is 53.1 Å². The summed E-state index contributed by atoms with van der Waals surface area (Å²) in [6, 6.07) is 8.98. The normalized spacial score (nSPS) is 25.3. The molecule has 1 aliphatic heterocycles. The van der Waals surface area contributed by atoms with E-state index in [2.05, 4.69) is 61.9 Å². The molecular formula is C21H28S. The Balaban J connectivity index is 2.08. The monoisotopic (exact) mass is 312 g/mol. The summed E-state index contributed by atoms with van der Waals surface area (Å²) in [5, 5.41) is 0. The standard InChI is InChI=1S/C21H28S/c1-17-16-20-10-5-4-8-18(20)12-14-22(2,3)15-13-19-9-6-7-11-21(17)19/h4-6,8-10,16H,7,11-15H2,1-3H3/b17-16+. The topological polar surface area (TPSA) is 0 Å². The van der Waals surface area contributed by atoms with Gasteiger partial charge >= 0.3 is 0 Å². The Bertz CT molecular complexity index is 644. The Labute approximate surface area is 137 Å². The smallest absolute Gasteiger partial charge is 0.0192 e. The van der Waals surface area contributed by atoms with Crippen molar-refractivity contribution in [2.45, 2.75) is 32.6 Å². The van der Waals surface area contributed by atoms with Crippen molar-refractivity contribution in [2.75, 3.05) is 24.0 Å². The number of fused-ring (bicyclic) bond motifs is 1. The van der Waals surface area contributed by atoms with Crippen LogP contribution in [0.4, 0.5) is 0 Å². The van der Waals surface area contributed by atoms with Crippen LogP contribution in [-0.4, -0.2) is 24.0 Å². The highest BCUT2D eigenvalue weighted by atomic mass is 32.3. The molecule has 0 amide bonds. The van der Waals surface area contributed by atoms with Crippen molar-refractivity contribution in [3.63, 3.8) is 0 Å². The van der Waals surface area contributed by atoms with Crippen LogP contribution < -0.4 is 0 Å². The molecule has 0 saturated heterocycles. The van der Waals surface area contributed by atoms with Crippen LogP contribution in [0.25, 0.3) is 6.08 Å². The van der Waals surface area contributed by atoms with Gasteiger partial charge in [-0.25, -0.2) is 10.0 Å². The molecule has 0 unspecified atom stereocenters. The van der Waals surface area contributed by atoms with Crippen molar-refractivity contribution < 1.29 is 0 Å². The molecule has 1 aromatic rings. The zero-order valence-corrected chi connectivity index (χ0v) is 15.0. The van der Waals surface area contributed by atoms with Gasteiger partial charge in [-0.3, -0.25) is 0 Å². The van der Waals surface area contributed by atoms with Crippen LogP contribution in [0.2, 0.25) is 0 Å². The van der Waals surface area contributed by atoms with Gasteiger partial charge in [-0.15, -0.1) is 0 Å². The van der Waals surface area contributed by atoms with Crippen LogP contribution in [0, 0.1) is 0 Å². The van der Waals surface area contributed by atoms with E-state index >= 15 is 0 Å². The lowest BCUT2D eigenvalue weighted by molar-refractivity contribution is 0.924. The molecule has 1 heteroatoms. The molecular weight excluding hydrogens is 284 g/mol. The molecule has 0 fully saturated rings. The zero-order valence-electron chi connectivity index (χ0n) is 14.2. The molecule has 1 aromatic carbocycles. The maximum absolute atomic E-state index is 2.51. The summed E-state index contributed by atoms with van der Waals surface area (Å²) in [6.07, 6.45) is 17.1. The van der Waals surface area contributed by atoms with Gasteiger partial charge in [0.05, 0.1) is 0 Å². The Morgan fingerprint density at radius 1 is 0.955 bits per heavy atom. The van der Waals surface area contributed by atoms with E-state index in [1.54, 1.807) is 11.1 Å². The third kappa shape index (κ3) is 3.57. The summed E-state index contributed by atoms with van der Waals surface area (Å²) in [5.74, 6) is 2.72. The Morgan fingerprint density at radius 2 is 1.73 bits per heavy atom. The molecule has 0 N–H and O–H groups in total. The van der Waals surface area contributed by atoms with Crippen molar-refractivity contribution in [2.24, 2.45) is 0 Å². The minimum absolute atomic E-state index is 0.500. The van der Waals surface area contributed by atoms with Crippen molar-refractivity contribution in [1.29, 1.82) is 0 Å². The van der Waals surface area contributed by atoms with Gasteiger partial charge < -0.3 is 0 Å². The first-order valence-corrected chi connectivity index (χ1v) is 11.2. The van der Waals surface area contributed by atoms with Gasteiger partial charge in [-0.05, 0) is 84.5 Å². The summed E-state index contributed by atoms with van der Waals surface area (Å²) < 4.78 is 0. The summed E-state index contributed by atoms with van der Waals surface area (Å²) >= 11 is 0. The summed E-state index contributed by atoms with van der Waals surface area (Å²) in [5.41, 5.74) is 7.63. The lowest BCUT2D eigenvalue weighted by atomic mass is 9.89. The number of hydrogen-bond acceptors (Lipinski definition) is 0. The predicted molar refractivity (Wildman–Crippen MR) is 103 cm³/mol. The molecule has 1 aliphatic carbocycles. The van der Waals surface area contributed by atoms with Gasteiger partial charge in [-0.1, -0.05) is 42.5 Å². The quantitative estimate of drug-likeness (QED) is 0.572. The third-order valence-electron chi connectivity index (χ3n) is 5.02. The maximum atomic E-state index is 2.51. The van der Waals surface area contributed by atoms with E-state index in [0.717, 1.165) is 0 Å². The lowest BCUT2D eigenvalue weighted by Crippen LogP contribution is -2.10. The summed E-state index contributed by atoms with van der Waals surface area (Å²) in [6.45, 7) is 2.31. The van der Waals surface area contributed by atoms with Crippen LogP contribution in [-0.2, 0) is 6.42 Å². The molecule has 0 spiro atoms. The van der Waals surface area contributed by atoms with Gasteiger partial charge in [0, 0.05) is 0 Å². The minimum Gasteiger partial charge on any atom is -0.246 e. The second-order valence-electron chi connectivity index (χ2n) is 7.15. The van der Waals surface area contributed by atoms with Crippen molar-refractivity contribution in [3.05, 3.63) is 64.3 Å². The SMILES string of the molecule is C/C1=C\c2ccccc2CCS(C)(C)CCC2=C1CCC=C2. The van der Waals surface area contributed by atoms with E-state index < -0.39 is 10.0 Å². The van der Waals surface area contributed by atoms with Gasteiger partial charge in [-0.2, -0.15) is 0 Å². The van der Waals surface area contributed by atoms with Crippen molar-refractivity contribution in [3.8, 4) is 0 Å². The predicted octanol–water partition coefficient (Wildman–Crippen LogP) is 5.75. The fourth-order valence-corrected chi connectivity index (χ4v) is 5.25. The van der Waals surface area contributed by atoms with E-state index in [4.69, 9.17) is 0 Å². The van der Waals surface area contributed by atoms with E-state index in [0.29, 0.717) is 0 Å². The number of hydrogen-bond donors (Lipinski definition) is 0. The van der Waals surface area contributed by atoms with Crippen molar-refractivity contribution >= 4 is 16.1 Å². The van der Waals surface area contributed by atoms with E-state index in [9.17, 15) is 0 Å². The first-order valence-electron chi connectivity index (χ1n) is 8.39. The average molecular weight is 313 g/mol. The second kappa shape index (κ2) is 6.50. The van der Waals surface area contributed by atoms with Crippen LogP contribution in [0.5, 0.6) is 0 Å². The van der Waals surface area contributed by atoms with E-state index in [1.165, 1.54) is 53.9 Å². The summed E-state index contributed by atoms with van der Waals surface area (Å²) in [7, 11) is -0.500. The summed E-state index contributed by atoms with van der Waals surface area (Å²) in [4.78, 5) is 0. The molecule has 22 heavy (non-hydrogen) atoms. The zero-order chi connectivity index (χ0) is 15.6. The average Bonchev–Trinajstić information content (AvgIpc) is 2.53. The Kier molecular flexibility index (Phi) is 4.63. The van der Waals surface area contributed by atoms with Crippen LogP contribution in [0.3, 0.4) is 0 Å². The Morgan fingerprint density at radius 3 is 2.59 bits per heavy atom. The van der Waals surface area contributed by atoms with E-state index in [-0.39, 0.29) is 0 Å². The molecule has 0 saturated carbocycles. The number of benzene rings is 1. The molecule has 0 bridgehead atoms. The molecule has 0 radical (unpaired) electrons. The van der Waals surface area contributed by atoms with E-state index in [1.807, 2.05) is 0 Å². The first kappa shape index (κ1) is 15.7. The molecule has 0 nitrogen and oxygen atoms in total. The molecule has 0 aromatic heterocycles. The van der Waals surface area contributed by atoms with Gasteiger partial charge in [0.2, 0.25) is 0 Å². The number of aryl methyl sites for hydroxylation is 1. The van der Waals surface area contributed by atoms with Gasteiger partial charge in [0.15, 0.2) is 0 Å². The highest BCUT2D eigenvalue weighted by molar-refractivity contribution is 8.32. The maximum Gasteiger partial charge on any atom is -0.0192 e. The fourth-order valence-electron chi connectivity index (χ4n) is 3.50. The highest BCUT2D eigenvalue weighted by Gasteiger charge is 2.17. The first-order chi connectivity index (χ1) is 10.6. The van der Waals surface area contributed by atoms with Gasteiger partial charge in [0.1, 0.15) is 0 Å². The molecule has 0 atom stereocenters. The Hall–Kier alpha value is -1.21. The van der Waals surface area contributed by atoms with Crippen LogP contribution >= 0.6 is 10.0 Å². The third-order valence-corrected chi connectivity index (χ3v) is 7.64. The number of rotatable bonds is 0. The largest absolute Gasteiger partial charge is 0.246 e. The minimum atomic E-state index is -0.500. The van der Waals surface area contributed by atoms with Crippen molar-refractivity contribution in [1.82, 2.24) is 0 Å². The molecule has 2 aliphatic rings. The van der Waals surface area contributed by atoms with Gasteiger partial charge in [0.25, 0.3) is 0 Å². The molecule has 3 rings (SSSR count). The lowest BCUT2D eigenvalue weighted by Gasteiger charge is -2.32. The number of allylic oxidation sites excluding steroid dienone is 5. The second-order valence-corrected chi connectivity index (χ2v) is 11.5. The van der Waals surface area contributed by atoms with Crippen LogP contribution in [0.1, 0.15) is 37.3 Å². The fraction of sp³-hybridized carbons (Fsp3) is 0.429. The highest BCUT2D eigenvalue weighted by Crippen LogP contribution is 2.43.